The Kier molecular flexibility index (Phi) is 4.28. The molecule has 0 saturated carbocycles. The Morgan fingerprint density at radius 3 is 2.64 bits per heavy atom. The van der Waals surface area contributed by atoms with Gasteiger partial charge in [-0.15, -0.1) is 0 Å². The molecule has 2 N–H and O–H groups in total. The number of ether oxygens (including phenoxy) is 1. The number of aromatic nitrogens is 3. The minimum absolute atomic E-state index is 0.190. The number of benzene rings is 1. The molecular formula is C17H18N4O4. The highest BCUT2D eigenvalue weighted by Gasteiger charge is 2.16. The van der Waals surface area contributed by atoms with Gasteiger partial charge >= 0.3 is 0 Å². The Hall–Kier alpha value is -3.13. The van der Waals surface area contributed by atoms with Crippen LogP contribution >= 0.6 is 0 Å². The topological polar surface area (TPSA) is 98.1 Å². The molecular weight excluding hydrogens is 324 g/mol. The summed E-state index contributed by atoms with van der Waals surface area (Å²) in [6.45, 7) is 3.31. The zero-order valence-corrected chi connectivity index (χ0v) is 14.1. The number of fused-ring (bicyclic) bond motifs is 1. The van der Waals surface area contributed by atoms with Crippen LogP contribution in [0.15, 0.2) is 39.9 Å². The number of aryl methyl sites for hydroxylation is 2. The van der Waals surface area contributed by atoms with Crippen molar-refractivity contribution in [1.29, 1.82) is 0 Å². The van der Waals surface area contributed by atoms with Crippen molar-refractivity contribution >= 4 is 16.8 Å². The van der Waals surface area contributed by atoms with Gasteiger partial charge in [0.15, 0.2) is 0 Å². The number of pyridine rings is 1. The Morgan fingerprint density at radius 2 is 1.96 bits per heavy atom. The lowest BCUT2D eigenvalue weighted by molar-refractivity contribution is -0.120. The van der Waals surface area contributed by atoms with Gasteiger partial charge in [-0.1, -0.05) is 18.2 Å². The van der Waals surface area contributed by atoms with Gasteiger partial charge in [0.25, 0.3) is 17.0 Å². The zero-order valence-electron chi connectivity index (χ0n) is 14.1. The molecule has 8 heteroatoms. The van der Waals surface area contributed by atoms with Crippen molar-refractivity contribution in [2.45, 2.75) is 13.8 Å². The van der Waals surface area contributed by atoms with E-state index in [1.165, 1.54) is 17.9 Å². The molecule has 0 aliphatic rings. The van der Waals surface area contributed by atoms with Gasteiger partial charge < -0.3 is 4.74 Å². The van der Waals surface area contributed by atoms with Crippen molar-refractivity contribution in [1.82, 2.24) is 14.5 Å². The van der Waals surface area contributed by atoms with Gasteiger partial charge in [0, 0.05) is 13.2 Å². The molecule has 0 fully saturated rings. The molecule has 1 amide bonds. The molecule has 3 aromatic rings. The average molecular weight is 342 g/mol. The van der Waals surface area contributed by atoms with Crippen molar-refractivity contribution in [3.8, 4) is 5.69 Å². The number of nitrogens with zero attached hydrogens (tertiary/aromatic N) is 2. The maximum absolute atomic E-state index is 12.9. The summed E-state index contributed by atoms with van der Waals surface area (Å²) in [5, 5.41) is 3.30. The van der Waals surface area contributed by atoms with Crippen LogP contribution in [-0.2, 0) is 9.53 Å². The number of hydrogen-bond acceptors (Lipinski definition) is 4. The highest BCUT2D eigenvalue weighted by molar-refractivity contribution is 5.86. The van der Waals surface area contributed by atoms with Crippen LogP contribution in [0.25, 0.3) is 16.6 Å². The summed E-state index contributed by atoms with van der Waals surface area (Å²) in [6, 6.07) is 8.70. The van der Waals surface area contributed by atoms with Crippen molar-refractivity contribution < 1.29 is 9.53 Å². The number of carbonyl (C=O) groups is 1. The molecule has 0 saturated heterocycles. The Labute approximate surface area is 142 Å². The Morgan fingerprint density at radius 1 is 1.24 bits per heavy atom. The van der Waals surface area contributed by atoms with Gasteiger partial charge in [0.1, 0.15) is 6.61 Å². The molecule has 1 aromatic carbocycles. The van der Waals surface area contributed by atoms with E-state index in [0.717, 1.165) is 10.2 Å². The van der Waals surface area contributed by atoms with E-state index in [9.17, 15) is 14.4 Å². The average Bonchev–Trinajstić information content (AvgIpc) is 2.88. The van der Waals surface area contributed by atoms with E-state index < -0.39 is 11.5 Å². The van der Waals surface area contributed by atoms with E-state index in [4.69, 9.17) is 4.74 Å². The van der Waals surface area contributed by atoms with Crippen molar-refractivity contribution in [3.63, 3.8) is 0 Å². The maximum atomic E-state index is 12.9. The van der Waals surface area contributed by atoms with Crippen LogP contribution in [0.3, 0.4) is 0 Å². The predicted molar refractivity (Wildman–Crippen MR) is 93.9 cm³/mol. The van der Waals surface area contributed by atoms with E-state index in [2.05, 4.69) is 10.5 Å². The first-order chi connectivity index (χ1) is 11.9. The van der Waals surface area contributed by atoms with E-state index in [1.807, 2.05) is 31.2 Å². The van der Waals surface area contributed by atoms with Crippen LogP contribution in [0, 0.1) is 13.8 Å². The lowest BCUT2D eigenvalue weighted by Crippen LogP contribution is -2.36. The highest BCUT2D eigenvalue weighted by atomic mass is 16.5. The molecule has 8 nitrogen and oxygen atoms in total. The van der Waals surface area contributed by atoms with E-state index >= 15 is 0 Å². The van der Waals surface area contributed by atoms with Crippen molar-refractivity contribution in [3.05, 3.63) is 62.3 Å². The number of methoxy groups -OCH3 is 1. The largest absolute Gasteiger partial charge is 0.375 e. The molecule has 0 radical (unpaired) electrons. The fourth-order valence-electron chi connectivity index (χ4n) is 2.78. The molecule has 0 aliphatic carbocycles. The van der Waals surface area contributed by atoms with Crippen molar-refractivity contribution in [2.75, 3.05) is 19.1 Å². The number of para-hydroxylation sites is 1. The molecule has 0 bridgehead atoms. The normalized spacial score (nSPS) is 11.0. The van der Waals surface area contributed by atoms with Crippen LogP contribution in [0.2, 0.25) is 0 Å². The number of aromatic amines is 1. The summed E-state index contributed by atoms with van der Waals surface area (Å²) in [7, 11) is 1.38. The quantitative estimate of drug-likeness (QED) is 0.733. The number of hydrogen-bond donors (Lipinski definition) is 2. The summed E-state index contributed by atoms with van der Waals surface area (Å²) in [5.74, 6) is -0.484. The molecule has 0 aliphatic heterocycles. The molecule has 2 aromatic heterocycles. The zero-order chi connectivity index (χ0) is 18.1. The van der Waals surface area contributed by atoms with Crippen LogP contribution in [-0.4, -0.2) is 34.1 Å². The fourth-order valence-corrected chi connectivity index (χ4v) is 2.78. The van der Waals surface area contributed by atoms with Crippen LogP contribution in [0.5, 0.6) is 0 Å². The second-order valence-electron chi connectivity index (χ2n) is 5.70. The highest BCUT2D eigenvalue weighted by Crippen LogP contribution is 2.15. The van der Waals surface area contributed by atoms with Gasteiger partial charge in [-0.2, -0.15) is 0 Å². The summed E-state index contributed by atoms with van der Waals surface area (Å²) in [4.78, 5) is 36.9. The van der Waals surface area contributed by atoms with E-state index in [-0.39, 0.29) is 12.2 Å². The second-order valence-corrected chi connectivity index (χ2v) is 5.70. The molecule has 0 atom stereocenters. The smallest absolute Gasteiger partial charge is 0.280 e. The SMILES string of the molecule is COCC(=O)Nn1c(C)c2c(=O)n(-c3ccccc3C)[nH]c2cc1=O. The third-order valence-corrected chi connectivity index (χ3v) is 3.97. The molecule has 130 valence electrons. The van der Waals surface area contributed by atoms with Crippen molar-refractivity contribution in [2.24, 2.45) is 0 Å². The maximum Gasteiger partial charge on any atom is 0.280 e. The van der Waals surface area contributed by atoms with Crippen LogP contribution in [0.1, 0.15) is 11.3 Å². The second kappa shape index (κ2) is 6.40. The van der Waals surface area contributed by atoms with Gasteiger partial charge in [-0.05, 0) is 25.5 Å². The van der Waals surface area contributed by atoms with Gasteiger partial charge in [0.05, 0.1) is 22.3 Å². The summed E-state index contributed by atoms with van der Waals surface area (Å²) in [5.41, 5.74) is 4.06. The first-order valence-corrected chi connectivity index (χ1v) is 7.66. The summed E-state index contributed by atoms with van der Waals surface area (Å²) < 4.78 is 7.20. The molecule has 3 rings (SSSR count). The number of nitrogens with one attached hydrogen (secondary N) is 2. The molecule has 0 spiro atoms. The Balaban J connectivity index is 2.21. The number of amides is 1. The van der Waals surface area contributed by atoms with Gasteiger partial charge in [-0.25, -0.2) is 9.36 Å². The monoisotopic (exact) mass is 342 g/mol. The van der Waals surface area contributed by atoms with E-state index in [1.54, 1.807) is 6.92 Å². The minimum atomic E-state index is -0.484. The first kappa shape index (κ1) is 16.7. The summed E-state index contributed by atoms with van der Waals surface area (Å²) >= 11 is 0. The van der Waals surface area contributed by atoms with Crippen LogP contribution < -0.4 is 16.5 Å². The number of carbonyl (C=O) groups excluding carboxylic acids is 1. The third-order valence-electron chi connectivity index (χ3n) is 3.97. The molecule has 0 unspecified atom stereocenters. The fraction of sp³-hybridized carbons (Fsp3) is 0.235. The lowest BCUT2D eigenvalue weighted by Gasteiger charge is -2.10. The van der Waals surface area contributed by atoms with Crippen LogP contribution in [0.4, 0.5) is 0 Å². The number of rotatable bonds is 4. The molecule has 25 heavy (non-hydrogen) atoms. The third kappa shape index (κ3) is 2.87. The van der Waals surface area contributed by atoms with Gasteiger partial charge in [-0.3, -0.25) is 24.9 Å². The predicted octanol–water partition coefficient (Wildman–Crippen LogP) is 0.814. The Bertz CT molecular complexity index is 1070. The number of H-pyrrole nitrogens is 1. The lowest BCUT2D eigenvalue weighted by atomic mass is 10.2. The van der Waals surface area contributed by atoms with Gasteiger partial charge in [0.2, 0.25) is 0 Å². The standard InChI is InChI=1S/C17H18N4O4/c1-10-6-4-5-7-13(10)21-17(24)16-11(2)20(19-14(22)9-25-3)15(23)8-12(16)18-21/h4-8,18H,9H2,1-3H3,(H,19,22). The van der Waals surface area contributed by atoms with E-state index in [0.29, 0.717) is 22.3 Å². The molecule has 2 heterocycles. The minimum Gasteiger partial charge on any atom is -0.375 e. The first-order valence-electron chi connectivity index (χ1n) is 7.66. The summed E-state index contributed by atoms with van der Waals surface area (Å²) in [6.07, 6.45) is 0.